The first-order valence-corrected chi connectivity index (χ1v) is 14.2. The van der Waals surface area contributed by atoms with Crippen molar-refractivity contribution in [2.24, 2.45) is 5.92 Å². The quantitative estimate of drug-likeness (QED) is 0.189. The Balaban J connectivity index is 1.25. The van der Waals surface area contributed by atoms with E-state index in [-0.39, 0.29) is 22.7 Å². The Morgan fingerprint density at radius 2 is 1.72 bits per heavy atom. The summed E-state index contributed by atoms with van der Waals surface area (Å²) in [7, 11) is 1.58. The van der Waals surface area contributed by atoms with Crippen molar-refractivity contribution in [2.45, 2.75) is 32.3 Å². The average molecular weight is 608 g/mol. The maximum atomic E-state index is 13.0. The van der Waals surface area contributed by atoms with Gasteiger partial charge in [-0.3, -0.25) is 14.6 Å². The Hall–Kier alpha value is -4.48. The van der Waals surface area contributed by atoms with Gasteiger partial charge in [-0.1, -0.05) is 11.6 Å². The van der Waals surface area contributed by atoms with Gasteiger partial charge in [0.05, 0.1) is 30.6 Å². The van der Waals surface area contributed by atoms with Crippen LogP contribution in [0, 0.1) is 11.7 Å². The van der Waals surface area contributed by atoms with E-state index in [9.17, 15) is 14.0 Å². The highest BCUT2D eigenvalue weighted by Crippen LogP contribution is 2.39. The molecule has 0 radical (unpaired) electrons. The van der Waals surface area contributed by atoms with Crippen LogP contribution in [-0.4, -0.2) is 48.1 Å². The third kappa shape index (κ3) is 7.68. The van der Waals surface area contributed by atoms with Gasteiger partial charge in [0.1, 0.15) is 23.0 Å². The van der Waals surface area contributed by atoms with Crippen molar-refractivity contribution in [2.75, 3.05) is 30.8 Å². The highest BCUT2D eigenvalue weighted by atomic mass is 35.5. The van der Waals surface area contributed by atoms with Crippen molar-refractivity contribution in [1.82, 2.24) is 15.3 Å². The summed E-state index contributed by atoms with van der Waals surface area (Å²) in [5.41, 5.74) is 1.30. The molecule has 224 valence electrons. The SMILES string of the molecule is COc1cc2c(Oc3ncc(NC(=O)CC(=O)Nc4ccc(F)cc4)cc3Cl)ccnc2cc1OC(C)C1CCNCC1. The Labute approximate surface area is 252 Å². The molecule has 1 aliphatic rings. The van der Waals surface area contributed by atoms with Gasteiger partial charge in [0.2, 0.25) is 17.7 Å². The van der Waals surface area contributed by atoms with Crippen LogP contribution in [-0.2, 0) is 9.59 Å². The average Bonchev–Trinajstić information content (AvgIpc) is 2.99. The van der Waals surface area contributed by atoms with Crippen LogP contribution < -0.4 is 30.2 Å². The summed E-state index contributed by atoms with van der Waals surface area (Å²) < 4.78 is 31.1. The van der Waals surface area contributed by atoms with Crippen LogP contribution in [0.3, 0.4) is 0 Å². The second-order valence-electron chi connectivity index (χ2n) is 10.1. The number of hydrogen-bond donors (Lipinski definition) is 3. The number of piperidine rings is 1. The molecule has 0 aliphatic carbocycles. The Morgan fingerprint density at radius 3 is 2.42 bits per heavy atom. The van der Waals surface area contributed by atoms with Gasteiger partial charge < -0.3 is 30.2 Å². The van der Waals surface area contributed by atoms with Crippen LogP contribution in [0.4, 0.5) is 15.8 Å². The standard InChI is InChI=1S/C31H31ClFN5O5/c1-18(19-7-10-34-11-8-19)42-28-15-25-23(14-27(28)41-2)26(9-12-35-25)43-31-24(32)13-22(17-36-31)38-30(40)16-29(39)37-21-5-3-20(33)4-6-21/h3-6,9,12-15,17-19,34H,7-8,10-11,16H2,1-2H3,(H,37,39)(H,38,40). The van der Waals surface area contributed by atoms with Crippen LogP contribution in [0.1, 0.15) is 26.2 Å². The number of halogens is 2. The molecule has 2 aromatic heterocycles. The van der Waals surface area contributed by atoms with Crippen LogP contribution in [0.15, 0.2) is 60.9 Å². The predicted octanol–water partition coefficient (Wildman–Crippen LogP) is 5.96. The van der Waals surface area contributed by atoms with Crippen molar-refractivity contribution < 1.29 is 28.2 Å². The van der Waals surface area contributed by atoms with Crippen LogP contribution in [0.5, 0.6) is 23.1 Å². The first-order valence-electron chi connectivity index (χ1n) is 13.8. The molecule has 0 spiro atoms. The number of nitrogens with one attached hydrogen (secondary N) is 3. The van der Waals surface area contributed by atoms with Gasteiger partial charge in [0.25, 0.3) is 0 Å². The van der Waals surface area contributed by atoms with Crippen molar-refractivity contribution in [1.29, 1.82) is 0 Å². The molecule has 2 amide bonds. The number of nitrogens with zero attached hydrogens (tertiary/aromatic N) is 2. The zero-order valence-electron chi connectivity index (χ0n) is 23.7. The van der Waals surface area contributed by atoms with E-state index < -0.39 is 24.1 Å². The molecular formula is C31H31ClFN5O5. The molecule has 0 saturated carbocycles. The van der Waals surface area contributed by atoms with E-state index >= 15 is 0 Å². The third-order valence-electron chi connectivity index (χ3n) is 7.09. The largest absolute Gasteiger partial charge is 0.493 e. The van der Waals surface area contributed by atoms with E-state index in [1.807, 2.05) is 12.1 Å². The molecule has 1 aliphatic heterocycles. The summed E-state index contributed by atoms with van der Waals surface area (Å²) in [4.78, 5) is 33.3. The highest BCUT2D eigenvalue weighted by molar-refractivity contribution is 6.32. The molecule has 1 fully saturated rings. The minimum Gasteiger partial charge on any atom is -0.493 e. The molecule has 12 heteroatoms. The third-order valence-corrected chi connectivity index (χ3v) is 7.37. The molecule has 1 saturated heterocycles. The molecule has 10 nitrogen and oxygen atoms in total. The first-order chi connectivity index (χ1) is 20.8. The van der Waals surface area contributed by atoms with Crippen LogP contribution in [0.25, 0.3) is 10.9 Å². The normalized spacial score (nSPS) is 14.1. The zero-order chi connectivity index (χ0) is 30.3. The summed E-state index contributed by atoms with van der Waals surface area (Å²) in [6, 6.07) is 12.0. The molecular weight excluding hydrogens is 577 g/mol. The Kier molecular flexibility index (Phi) is 9.53. The number of carbonyl (C=O) groups is 2. The minimum atomic E-state index is -0.578. The number of fused-ring (bicyclic) bond motifs is 1. The number of ether oxygens (including phenoxy) is 3. The predicted molar refractivity (Wildman–Crippen MR) is 162 cm³/mol. The second kappa shape index (κ2) is 13.7. The fourth-order valence-electron chi connectivity index (χ4n) is 4.84. The maximum absolute atomic E-state index is 13.0. The molecule has 1 unspecified atom stereocenters. The first kappa shape index (κ1) is 30.0. The lowest BCUT2D eigenvalue weighted by atomic mass is 9.93. The number of amides is 2. The van der Waals surface area contributed by atoms with Gasteiger partial charge in [-0.25, -0.2) is 9.37 Å². The van der Waals surface area contributed by atoms with Gasteiger partial charge in [-0.2, -0.15) is 0 Å². The van der Waals surface area contributed by atoms with Gasteiger partial charge in [-0.05, 0) is 81.2 Å². The fourth-order valence-corrected chi connectivity index (χ4v) is 5.05. The zero-order valence-corrected chi connectivity index (χ0v) is 24.4. The summed E-state index contributed by atoms with van der Waals surface area (Å²) in [5.74, 6) is 0.596. The molecule has 4 aromatic rings. The van der Waals surface area contributed by atoms with Crippen LogP contribution >= 0.6 is 11.6 Å². The maximum Gasteiger partial charge on any atom is 0.238 e. The van der Waals surface area contributed by atoms with E-state index in [4.69, 9.17) is 25.8 Å². The summed E-state index contributed by atoms with van der Waals surface area (Å²) in [6.45, 7) is 4.04. The summed E-state index contributed by atoms with van der Waals surface area (Å²) in [5, 5.41) is 9.30. The monoisotopic (exact) mass is 607 g/mol. The lowest BCUT2D eigenvalue weighted by Gasteiger charge is -2.29. The molecule has 3 N–H and O–H groups in total. The van der Waals surface area contributed by atoms with Gasteiger partial charge in [-0.15, -0.1) is 0 Å². The Bertz CT molecular complexity index is 1610. The van der Waals surface area contributed by atoms with Gasteiger partial charge in [0, 0.05) is 23.3 Å². The smallest absolute Gasteiger partial charge is 0.238 e. The fraction of sp³-hybridized carbons (Fsp3) is 0.290. The van der Waals surface area contributed by atoms with E-state index in [1.54, 1.807) is 19.4 Å². The van der Waals surface area contributed by atoms with E-state index in [1.165, 1.54) is 36.5 Å². The van der Waals surface area contributed by atoms with E-state index in [0.29, 0.717) is 39.8 Å². The molecule has 43 heavy (non-hydrogen) atoms. The molecule has 2 aromatic carbocycles. The molecule has 3 heterocycles. The minimum absolute atomic E-state index is 0.0130. The lowest BCUT2D eigenvalue weighted by Crippen LogP contribution is -2.35. The number of carbonyl (C=O) groups excluding carboxylic acids is 2. The second-order valence-corrected chi connectivity index (χ2v) is 10.5. The van der Waals surface area contributed by atoms with Crippen LogP contribution in [0.2, 0.25) is 5.02 Å². The molecule has 1 atom stereocenters. The lowest BCUT2D eigenvalue weighted by molar-refractivity contribution is -0.123. The Morgan fingerprint density at radius 1 is 1.00 bits per heavy atom. The number of aromatic nitrogens is 2. The topological polar surface area (TPSA) is 124 Å². The molecule has 5 rings (SSSR count). The summed E-state index contributed by atoms with van der Waals surface area (Å²) in [6.07, 6.45) is 4.64. The summed E-state index contributed by atoms with van der Waals surface area (Å²) >= 11 is 6.44. The van der Waals surface area contributed by atoms with E-state index in [0.717, 1.165) is 25.9 Å². The van der Waals surface area contributed by atoms with Crippen molar-refractivity contribution in [3.8, 4) is 23.1 Å². The number of hydrogen-bond acceptors (Lipinski definition) is 8. The number of benzene rings is 2. The van der Waals surface area contributed by atoms with Gasteiger partial charge in [0.15, 0.2) is 11.5 Å². The number of anilines is 2. The number of methoxy groups -OCH3 is 1. The number of rotatable bonds is 10. The van der Waals surface area contributed by atoms with Gasteiger partial charge >= 0.3 is 0 Å². The highest BCUT2D eigenvalue weighted by Gasteiger charge is 2.23. The number of pyridine rings is 2. The van der Waals surface area contributed by atoms with Crippen molar-refractivity contribution in [3.05, 3.63) is 71.8 Å². The molecule has 0 bridgehead atoms. The van der Waals surface area contributed by atoms with Crippen molar-refractivity contribution in [3.63, 3.8) is 0 Å². The van der Waals surface area contributed by atoms with Crippen molar-refractivity contribution >= 4 is 45.7 Å². The van der Waals surface area contributed by atoms with E-state index in [2.05, 4.69) is 32.8 Å².